The molecule has 0 unspecified atom stereocenters. The summed E-state index contributed by atoms with van der Waals surface area (Å²) in [6.45, 7) is 0. The van der Waals surface area contributed by atoms with Crippen LogP contribution in [0.4, 0.5) is 0 Å². The van der Waals surface area contributed by atoms with Gasteiger partial charge in [-0.25, -0.2) is 0 Å². The molecule has 4 heteroatoms. The van der Waals surface area contributed by atoms with E-state index in [2.05, 4.69) is 0 Å². The van der Waals surface area contributed by atoms with E-state index in [4.69, 9.17) is 4.74 Å². The quantitative estimate of drug-likeness (QED) is 0.510. The van der Waals surface area contributed by atoms with Crippen LogP contribution in [0.15, 0.2) is 12.2 Å². The maximum absolute atomic E-state index is 12.2. The highest BCUT2D eigenvalue weighted by molar-refractivity contribution is 6.09. The van der Waals surface area contributed by atoms with Crippen LogP contribution < -0.4 is 0 Å². The van der Waals surface area contributed by atoms with Crippen LogP contribution in [-0.4, -0.2) is 24.6 Å². The lowest BCUT2D eigenvalue weighted by Gasteiger charge is -2.34. The first-order valence-corrected chi connectivity index (χ1v) is 5.95. The van der Waals surface area contributed by atoms with Crippen LogP contribution in [0.5, 0.6) is 0 Å². The van der Waals surface area contributed by atoms with Crippen molar-refractivity contribution in [3.05, 3.63) is 12.2 Å². The zero-order chi connectivity index (χ0) is 12.5. The Kier molecular flexibility index (Phi) is 3.13. The van der Waals surface area contributed by atoms with E-state index in [1.54, 1.807) is 0 Å². The van der Waals surface area contributed by atoms with Crippen molar-refractivity contribution >= 4 is 17.5 Å². The fourth-order valence-corrected chi connectivity index (χ4v) is 2.88. The largest absolute Gasteiger partial charge is 0.468 e. The molecule has 0 aromatic rings. The standard InChI is InChI=1S/C13H16O4/c1-17-12(16)13-7-6-10(14)8-9(13)4-2-3-5-11(13)15/h6-7,9H,2-5,8H2,1H3/t9-,13-/m0/s1. The van der Waals surface area contributed by atoms with Crippen molar-refractivity contribution in [3.63, 3.8) is 0 Å². The second-order valence-corrected chi connectivity index (χ2v) is 4.73. The van der Waals surface area contributed by atoms with Gasteiger partial charge in [0.15, 0.2) is 11.6 Å². The smallest absolute Gasteiger partial charge is 0.323 e. The third-order valence-corrected chi connectivity index (χ3v) is 3.81. The molecule has 1 saturated carbocycles. The molecule has 2 atom stereocenters. The number of rotatable bonds is 1. The van der Waals surface area contributed by atoms with Gasteiger partial charge in [-0.3, -0.25) is 14.4 Å². The number of esters is 1. The van der Waals surface area contributed by atoms with Crippen LogP contribution in [0.1, 0.15) is 32.1 Å². The monoisotopic (exact) mass is 236 g/mol. The zero-order valence-corrected chi connectivity index (χ0v) is 9.90. The Balaban J connectivity index is 2.49. The number of Topliss-reactive ketones (excluding diaryl/α,β-unsaturated/α-hetero) is 1. The molecule has 2 aliphatic rings. The molecule has 0 heterocycles. The van der Waals surface area contributed by atoms with Gasteiger partial charge in [-0.15, -0.1) is 0 Å². The van der Waals surface area contributed by atoms with E-state index in [-0.39, 0.29) is 23.9 Å². The van der Waals surface area contributed by atoms with E-state index < -0.39 is 11.4 Å². The van der Waals surface area contributed by atoms with Crippen LogP contribution in [0.3, 0.4) is 0 Å². The van der Waals surface area contributed by atoms with Crippen molar-refractivity contribution in [2.75, 3.05) is 7.11 Å². The van der Waals surface area contributed by atoms with Gasteiger partial charge in [-0.2, -0.15) is 0 Å². The van der Waals surface area contributed by atoms with Crippen molar-refractivity contribution in [2.45, 2.75) is 32.1 Å². The number of allylic oxidation sites excluding steroid dienone is 1. The van der Waals surface area contributed by atoms with Crippen molar-refractivity contribution in [2.24, 2.45) is 11.3 Å². The number of carbonyl (C=O) groups is 3. The van der Waals surface area contributed by atoms with Crippen molar-refractivity contribution in [1.29, 1.82) is 0 Å². The Morgan fingerprint density at radius 2 is 2.18 bits per heavy atom. The van der Waals surface area contributed by atoms with Crippen molar-refractivity contribution < 1.29 is 19.1 Å². The van der Waals surface area contributed by atoms with Gasteiger partial charge in [-0.1, -0.05) is 12.5 Å². The second-order valence-electron chi connectivity index (χ2n) is 4.73. The van der Waals surface area contributed by atoms with Crippen LogP contribution in [0, 0.1) is 11.3 Å². The van der Waals surface area contributed by atoms with Crippen LogP contribution in [0.2, 0.25) is 0 Å². The Hall–Kier alpha value is -1.45. The minimum absolute atomic E-state index is 0.00997. The van der Waals surface area contributed by atoms with Gasteiger partial charge >= 0.3 is 5.97 Å². The van der Waals surface area contributed by atoms with Crippen LogP contribution in [-0.2, 0) is 19.1 Å². The first-order valence-electron chi connectivity index (χ1n) is 5.95. The lowest BCUT2D eigenvalue weighted by molar-refractivity contribution is -0.158. The molecule has 0 radical (unpaired) electrons. The van der Waals surface area contributed by atoms with Crippen molar-refractivity contribution in [3.8, 4) is 0 Å². The Morgan fingerprint density at radius 3 is 2.88 bits per heavy atom. The number of hydrogen-bond donors (Lipinski definition) is 0. The molecule has 0 aliphatic heterocycles. The summed E-state index contributed by atoms with van der Waals surface area (Å²) >= 11 is 0. The summed E-state index contributed by atoms with van der Waals surface area (Å²) in [7, 11) is 1.29. The summed E-state index contributed by atoms with van der Waals surface area (Å²) < 4.78 is 4.79. The van der Waals surface area contributed by atoms with E-state index in [0.717, 1.165) is 19.3 Å². The number of ether oxygens (including phenoxy) is 1. The topological polar surface area (TPSA) is 60.4 Å². The van der Waals surface area contributed by atoms with Gasteiger partial charge in [0.25, 0.3) is 0 Å². The molecule has 2 aliphatic carbocycles. The highest BCUT2D eigenvalue weighted by Gasteiger charge is 2.53. The summed E-state index contributed by atoms with van der Waals surface area (Å²) in [5.74, 6) is -0.847. The average molecular weight is 236 g/mol. The molecule has 0 spiro atoms. The first kappa shape index (κ1) is 12.0. The fourth-order valence-electron chi connectivity index (χ4n) is 2.88. The minimum Gasteiger partial charge on any atom is -0.468 e. The molecule has 0 bridgehead atoms. The molecule has 0 amide bonds. The van der Waals surface area contributed by atoms with Gasteiger partial charge < -0.3 is 4.74 Å². The van der Waals surface area contributed by atoms with E-state index in [0.29, 0.717) is 6.42 Å². The highest BCUT2D eigenvalue weighted by Crippen LogP contribution is 2.44. The average Bonchev–Trinajstić information content (AvgIpc) is 2.49. The second kappa shape index (κ2) is 4.43. The lowest BCUT2D eigenvalue weighted by atomic mass is 9.66. The molecule has 17 heavy (non-hydrogen) atoms. The first-order chi connectivity index (χ1) is 8.11. The fraction of sp³-hybridized carbons (Fsp3) is 0.615. The molecular formula is C13H16O4. The van der Waals surface area contributed by atoms with Crippen LogP contribution in [0.25, 0.3) is 0 Å². The summed E-state index contributed by atoms with van der Waals surface area (Å²) in [5.41, 5.74) is -1.20. The molecule has 0 aromatic carbocycles. The predicted molar refractivity (Wildman–Crippen MR) is 60.2 cm³/mol. The van der Waals surface area contributed by atoms with Crippen LogP contribution >= 0.6 is 0 Å². The molecule has 92 valence electrons. The summed E-state index contributed by atoms with van der Waals surface area (Å²) in [6.07, 6.45) is 5.91. The number of fused-ring (bicyclic) bond motifs is 1. The van der Waals surface area contributed by atoms with E-state index in [1.807, 2.05) is 0 Å². The highest BCUT2D eigenvalue weighted by atomic mass is 16.5. The van der Waals surface area contributed by atoms with E-state index in [9.17, 15) is 14.4 Å². The van der Waals surface area contributed by atoms with Crippen molar-refractivity contribution in [1.82, 2.24) is 0 Å². The lowest BCUT2D eigenvalue weighted by Crippen LogP contribution is -2.46. The van der Waals surface area contributed by atoms with Gasteiger partial charge in [-0.05, 0) is 24.8 Å². The Labute approximate surface area is 100 Å². The Bertz CT molecular complexity index is 396. The zero-order valence-electron chi connectivity index (χ0n) is 9.90. The van der Waals surface area contributed by atoms with E-state index in [1.165, 1.54) is 19.3 Å². The van der Waals surface area contributed by atoms with Gasteiger partial charge in [0.1, 0.15) is 5.41 Å². The summed E-state index contributed by atoms with van der Waals surface area (Å²) in [4.78, 5) is 35.6. The maximum atomic E-state index is 12.2. The van der Waals surface area contributed by atoms with Gasteiger partial charge in [0.2, 0.25) is 0 Å². The predicted octanol–water partition coefficient (Wildman–Crippen LogP) is 1.43. The third-order valence-electron chi connectivity index (χ3n) is 3.81. The molecule has 4 nitrogen and oxygen atoms in total. The summed E-state index contributed by atoms with van der Waals surface area (Å²) in [5, 5.41) is 0. The minimum atomic E-state index is -1.20. The number of carbonyl (C=O) groups excluding carboxylic acids is 3. The van der Waals surface area contributed by atoms with Gasteiger partial charge in [0.05, 0.1) is 7.11 Å². The molecule has 0 aromatic heterocycles. The molecule has 0 saturated heterocycles. The SMILES string of the molecule is COC(=O)[C@@]12C=CC(=O)C[C@@H]1CCCCC2=O. The molecule has 0 N–H and O–H groups in total. The number of ketones is 2. The maximum Gasteiger partial charge on any atom is 0.323 e. The van der Waals surface area contributed by atoms with E-state index >= 15 is 0 Å². The van der Waals surface area contributed by atoms with Gasteiger partial charge in [0, 0.05) is 12.8 Å². The molecule has 2 rings (SSSR count). The number of hydrogen-bond acceptors (Lipinski definition) is 4. The number of methoxy groups -OCH3 is 1. The Morgan fingerprint density at radius 1 is 1.41 bits per heavy atom. The molecule has 1 fully saturated rings. The normalized spacial score (nSPS) is 32.9. The molecular weight excluding hydrogens is 220 g/mol. The summed E-state index contributed by atoms with van der Waals surface area (Å²) in [6, 6.07) is 0. The third kappa shape index (κ3) is 1.81.